The highest BCUT2D eigenvalue weighted by molar-refractivity contribution is 5.87. The maximum atomic E-state index is 12.0. The third-order valence-corrected chi connectivity index (χ3v) is 2.91. The summed E-state index contributed by atoms with van der Waals surface area (Å²) in [5.41, 5.74) is -2.56. The van der Waals surface area contributed by atoms with E-state index in [1.165, 1.54) is 27.7 Å². The molecule has 168 valence electrons. The zero-order chi connectivity index (χ0) is 19.0. The minimum absolute atomic E-state index is 0. The molecule has 0 aliphatic heterocycles. The molecule has 0 spiro atoms. The Morgan fingerprint density at radius 1 is 0.679 bits per heavy atom. The van der Waals surface area contributed by atoms with Crippen LogP contribution in [0.5, 0.6) is 0 Å². The normalized spacial score (nSPS) is 10.3. The van der Waals surface area contributed by atoms with Gasteiger partial charge >= 0.3 is 11.9 Å². The van der Waals surface area contributed by atoms with E-state index in [0.29, 0.717) is 0 Å². The average molecular weight is 416 g/mol. The van der Waals surface area contributed by atoms with Gasteiger partial charge in [0.15, 0.2) is 11.1 Å². The Hall–Kier alpha value is -2.68. The minimum atomic E-state index is -1.28. The predicted octanol–water partition coefficient (Wildman–Crippen LogP) is -3.12. The quantitative estimate of drug-likeness (QED) is 0.267. The molecule has 14 nitrogen and oxygen atoms in total. The van der Waals surface area contributed by atoms with Gasteiger partial charge in [0, 0.05) is 13.1 Å². The summed E-state index contributed by atoms with van der Waals surface area (Å²) >= 11 is 0. The number of carboxylic acids is 2. The molecule has 0 bridgehead atoms. The van der Waals surface area contributed by atoms with Gasteiger partial charge in [0.05, 0.1) is 12.8 Å². The lowest BCUT2D eigenvalue weighted by molar-refractivity contribution is -0.138. The van der Waals surface area contributed by atoms with Gasteiger partial charge in [-0.15, -0.1) is 0 Å². The van der Waals surface area contributed by atoms with E-state index >= 15 is 0 Å². The van der Waals surface area contributed by atoms with E-state index in [1.807, 2.05) is 0 Å². The second-order valence-corrected chi connectivity index (χ2v) is 6.12. The molecule has 0 rings (SSSR count). The Labute approximate surface area is 161 Å². The fourth-order valence-electron chi connectivity index (χ4n) is 1.34. The number of carboxylic acid groups (broad SMARTS) is 2. The van der Waals surface area contributed by atoms with Crippen LogP contribution in [-0.4, -0.2) is 80.0 Å². The van der Waals surface area contributed by atoms with Gasteiger partial charge < -0.3 is 42.8 Å². The second-order valence-electron chi connectivity index (χ2n) is 6.12. The highest BCUT2D eigenvalue weighted by Gasteiger charge is 2.32. The summed E-state index contributed by atoms with van der Waals surface area (Å²) in [5.74, 6) is -3.10. The lowest BCUT2D eigenvalue weighted by Gasteiger charge is -2.22. The molecule has 0 aromatic rings. The Morgan fingerprint density at radius 2 is 0.929 bits per heavy atom. The first-order valence-electron chi connectivity index (χ1n) is 7.33. The van der Waals surface area contributed by atoms with Crippen LogP contribution >= 0.6 is 0 Å². The number of hydrogen-bond acceptors (Lipinski definition) is 6. The Morgan fingerprint density at radius 3 is 1.14 bits per heavy atom. The second kappa shape index (κ2) is 15.4. The van der Waals surface area contributed by atoms with Crippen LogP contribution in [-0.2, 0) is 19.2 Å². The number of carbonyl (C=O) groups excluding carboxylic acids is 2. The first-order valence-corrected chi connectivity index (χ1v) is 7.33. The molecule has 0 aliphatic carbocycles. The van der Waals surface area contributed by atoms with E-state index in [0.717, 1.165) is 0 Å². The van der Waals surface area contributed by atoms with Crippen molar-refractivity contribution in [2.24, 2.45) is 10.2 Å². The average Bonchev–Trinajstić information content (AvgIpc) is 2.44. The van der Waals surface area contributed by atoms with Gasteiger partial charge in [0.2, 0.25) is 11.8 Å². The number of nitrogens with zero attached hydrogens (tertiary/aromatic N) is 2. The number of aliphatic carboxylic acids is 2. The lowest BCUT2D eigenvalue weighted by atomic mass is 10.0. The summed E-state index contributed by atoms with van der Waals surface area (Å²) in [7, 11) is 0. The molecular formula is C14H32N4O10. The van der Waals surface area contributed by atoms with Crippen LogP contribution in [0.15, 0.2) is 10.2 Å². The van der Waals surface area contributed by atoms with Crippen molar-refractivity contribution in [3.63, 3.8) is 0 Å². The van der Waals surface area contributed by atoms with Crippen molar-refractivity contribution in [1.82, 2.24) is 10.6 Å². The molecule has 12 N–H and O–H groups in total. The van der Waals surface area contributed by atoms with Gasteiger partial charge in [-0.3, -0.25) is 19.2 Å². The van der Waals surface area contributed by atoms with Gasteiger partial charge in [-0.05, 0) is 27.7 Å². The van der Waals surface area contributed by atoms with Crippen LogP contribution in [0, 0.1) is 0 Å². The topological polar surface area (TPSA) is 284 Å². The molecule has 0 aliphatic rings. The van der Waals surface area contributed by atoms with E-state index in [1.54, 1.807) is 0 Å². The summed E-state index contributed by atoms with van der Waals surface area (Å²) < 4.78 is 0. The molecule has 0 saturated heterocycles. The summed E-state index contributed by atoms with van der Waals surface area (Å²) in [6, 6.07) is 0. The largest absolute Gasteiger partial charge is 0.481 e. The lowest BCUT2D eigenvalue weighted by Crippen LogP contribution is -2.44. The SMILES string of the molecule is CC(C)(/N=N/C(C)(C)C(=O)NCCC(=O)O)C(=O)NCCC(=O)O.O.O.O.O. The van der Waals surface area contributed by atoms with Crippen molar-refractivity contribution in [2.45, 2.75) is 51.6 Å². The monoisotopic (exact) mass is 416 g/mol. The van der Waals surface area contributed by atoms with Gasteiger partial charge in [0.25, 0.3) is 0 Å². The van der Waals surface area contributed by atoms with Crippen LogP contribution in [0.3, 0.4) is 0 Å². The van der Waals surface area contributed by atoms with Crippen molar-refractivity contribution in [2.75, 3.05) is 13.1 Å². The molecule has 28 heavy (non-hydrogen) atoms. The third kappa shape index (κ3) is 14.5. The van der Waals surface area contributed by atoms with Crippen LogP contribution < -0.4 is 10.6 Å². The molecular weight excluding hydrogens is 384 g/mol. The van der Waals surface area contributed by atoms with Crippen LogP contribution in [0.1, 0.15) is 40.5 Å². The number of nitrogens with one attached hydrogen (secondary N) is 2. The summed E-state index contributed by atoms with van der Waals surface area (Å²) in [4.78, 5) is 44.7. The zero-order valence-corrected chi connectivity index (χ0v) is 16.3. The number of azo groups is 1. The number of carbonyl (C=O) groups is 4. The Bertz CT molecular complexity index is 488. The standard InChI is InChI=1S/C14H24N4O6.4H2O/c1-13(2,11(23)15-7-5-9(19)20)17-18-14(3,4)12(24)16-8-6-10(21)22;;;;/h5-8H2,1-4H3,(H,15,23)(H,16,24)(H,19,20)(H,21,22);4*1H2/b18-17+;;;;. The molecule has 2 amide bonds. The number of hydrogen-bond donors (Lipinski definition) is 4. The highest BCUT2D eigenvalue weighted by Crippen LogP contribution is 2.16. The summed E-state index contributed by atoms with van der Waals surface area (Å²) in [6.07, 6.45) is -0.424. The van der Waals surface area contributed by atoms with Crippen molar-refractivity contribution >= 4 is 23.8 Å². The van der Waals surface area contributed by atoms with E-state index in [-0.39, 0.29) is 47.8 Å². The Kier molecular flexibility index (Phi) is 19.9. The molecule has 0 radical (unpaired) electrons. The molecule has 0 unspecified atom stereocenters. The maximum absolute atomic E-state index is 12.0. The van der Waals surface area contributed by atoms with Gasteiger partial charge in [-0.25, -0.2) is 0 Å². The van der Waals surface area contributed by atoms with Gasteiger partial charge in [-0.2, -0.15) is 10.2 Å². The van der Waals surface area contributed by atoms with Crippen molar-refractivity contribution < 1.29 is 51.3 Å². The molecule has 0 atom stereocenters. The van der Waals surface area contributed by atoms with Crippen LogP contribution in [0.2, 0.25) is 0 Å². The zero-order valence-electron chi connectivity index (χ0n) is 16.3. The Balaban J connectivity index is -0.000000441. The first kappa shape index (κ1) is 36.3. The minimum Gasteiger partial charge on any atom is -0.481 e. The van der Waals surface area contributed by atoms with Crippen molar-refractivity contribution in [3.8, 4) is 0 Å². The van der Waals surface area contributed by atoms with Gasteiger partial charge in [0.1, 0.15) is 0 Å². The molecule has 0 aromatic heterocycles. The van der Waals surface area contributed by atoms with E-state index in [2.05, 4.69) is 20.9 Å². The summed E-state index contributed by atoms with van der Waals surface area (Å²) in [6.45, 7) is 5.84. The molecule has 14 heteroatoms. The first-order chi connectivity index (χ1) is 10.9. The van der Waals surface area contributed by atoms with E-state index < -0.39 is 34.8 Å². The van der Waals surface area contributed by atoms with Gasteiger partial charge in [-0.1, -0.05) is 0 Å². The fourth-order valence-corrected chi connectivity index (χ4v) is 1.34. The molecule has 0 fully saturated rings. The van der Waals surface area contributed by atoms with E-state index in [9.17, 15) is 19.2 Å². The fraction of sp³-hybridized carbons (Fsp3) is 0.714. The smallest absolute Gasteiger partial charge is 0.305 e. The highest BCUT2D eigenvalue weighted by atomic mass is 16.4. The van der Waals surface area contributed by atoms with Crippen molar-refractivity contribution in [1.29, 1.82) is 0 Å². The van der Waals surface area contributed by atoms with E-state index in [4.69, 9.17) is 10.2 Å². The van der Waals surface area contributed by atoms with Crippen molar-refractivity contribution in [3.05, 3.63) is 0 Å². The van der Waals surface area contributed by atoms with Crippen LogP contribution in [0.25, 0.3) is 0 Å². The molecule has 0 saturated carbocycles. The summed E-state index contributed by atoms with van der Waals surface area (Å²) in [5, 5.41) is 29.7. The number of rotatable bonds is 10. The third-order valence-electron chi connectivity index (χ3n) is 2.91. The molecule has 0 heterocycles. The molecule has 0 aromatic carbocycles. The van der Waals surface area contributed by atoms with Crippen LogP contribution in [0.4, 0.5) is 0 Å². The maximum Gasteiger partial charge on any atom is 0.305 e. The number of amides is 2. The predicted molar refractivity (Wildman–Crippen MR) is 98.0 cm³/mol.